The molecule has 168 valence electrons. The molecule has 3 aromatic rings. The van der Waals surface area contributed by atoms with Gasteiger partial charge in [0.2, 0.25) is 0 Å². The fourth-order valence-electron chi connectivity index (χ4n) is 3.27. The Hall–Kier alpha value is -3.53. The zero-order valence-electron chi connectivity index (χ0n) is 17.7. The number of hydrogen-bond donors (Lipinski definition) is 3. The van der Waals surface area contributed by atoms with Crippen LogP contribution in [-0.4, -0.2) is 32.5 Å². The van der Waals surface area contributed by atoms with Gasteiger partial charge in [0.05, 0.1) is 21.5 Å². The van der Waals surface area contributed by atoms with Gasteiger partial charge in [0.15, 0.2) is 5.52 Å². The molecule has 0 bridgehead atoms. The smallest absolute Gasteiger partial charge is 0.408 e. The first-order valence-corrected chi connectivity index (χ1v) is 10.7. The van der Waals surface area contributed by atoms with Crippen molar-refractivity contribution in [3.05, 3.63) is 70.0 Å². The first-order chi connectivity index (χ1) is 15.4. The monoisotopic (exact) mass is 455 g/mol. The number of ether oxygens (including phenoxy) is 1. The fraction of sp³-hybridized carbons (Fsp3) is 0.318. The van der Waals surface area contributed by atoms with Crippen LogP contribution in [0, 0.1) is 10.1 Å². The van der Waals surface area contributed by atoms with Crippen molar-refractivity contribution in [3.63, 3.8) is 0 Å². The Morgan fingerprint density at radius 3 is 2.72 bits per heavy atom. The molecule has 0 aliphatic rings. The number of imidazole rings is 1. The van der Waals surface area contributed by atoms with Crippen molar-refractivity contribution in [2.24, 2.45) is 0 Å². The van der Waals surface area contributed by atoms with Crippen molar-refractivity contribution in [2.75, 3.05) is 6.54 Å². The zero-order valence-corrected chi connectivity index (χ0v) is 18.5. The molecule has 0 fully saturated rings. The molecule has 0 aliphatic carbocycles. The molecular weight excluding hydrogens is 430 g/mol. The average molecular weight is 456 g/mol. The minimum atomic E-state index is -0.582. The normalized spacial score (nSPS) is 11.7. The highest BCUT2D eigenvalue weighted by atomic mass is 32.1. The number of aromatic nitrogens is 2. The maximum atomic E-state index is 12.5. The number of hydrogen-bond acceptors (Lipinski definition) is 6. The van der Waals surface area contributed by atoms with Crippen molar-refractivity contribution < 1.29 is 14.5 Å². The van der Waals surface area contributed by atoms with E-state index in [9.17, 15) is 14.9 Å². The number of H-pyrrole nitrogens is 1. The van der Waals surface area contributed by atoms with Gasteiger partial charge in [0.25, 0.3) is 5.69 Å². The molecule has 1 aromatic heterocycles. The SMILES string of the molecule is CC(=S)NCCCC[C@H](NC(=O)OCc1ccccc1)c1nc2c([N+](=O)[O-])cccc2[nH]1. The number of carbonyl (C=O) groups excluding carboxylic acids is 1. The number of fused-ring (bicyclic) bond motifs is 1. The van der Waals surface area contributed by atoms with Crippen molar-refractivity contribution in [1.82, 2.24) is 20.6 Å². The summed E-state index contributed by atoms with van der Waals surface area (Å²) in [6.45, 7) is 2.69. The van der Waals surface area contributed by atoms with Crippen LogP contribution in [0.25, 0.3) is 11.0 Å². The Bertz CT molecular complexity index is 1090. The van der Waals surface area contributed by atoms with Crippen LogP contribution >= 0.6 is 12.2 Å². The van der Waals surface area contributed by atoms with E-state index in [1.807, 2.05) is 37.3 Å². The summed E-state index contributed by atoms with van der Waals surface area (Å²) >= 11 is 5.01. The van der Waals surface area contributed by atoms with Gasteiger partial charge in [-0.1, -0.05) is 48.6 Å². The third-order valence-corrected chi connectivity index (χ3v) is 4.98. The lowest BCUT2D eigenvalue weighted by atomic mass is 10.1. The summed E-state index contributed by atoms with van der Waals surface area (Å²) in [6, 6.07) is 13.6. The first kappa shape index (κ1) is 23.1. The van der Waals surface area contributed by atoms with Crippen molar-refractivity contribution >= 4 is 40.0 Å². The molecule has 9 nitrogen and oxygen atoms in total. The van der Waals surface area contributed by atoms with Crippen LogP contribution in [0.15, 0.2) is 48.5 Å². The van der Waals surface area contributed by atoms with Crippen LogP contribution in [0.2, 0.25) is 0 Å². The van der Waals surface area contributed by atoms with Crippen LogP contribution < -0.4 is 10.6 Å². The van der Waals surface area contributed by atoms with Crippen LogP contribution in [0.3, 0.4) is 0 Å². The van der Waals surface area contributed by atoms with Gasteiger partial charge in [-0.15, -0.1) is 0 Å². The number of aromatic amines is 1. The quantitative estimate of drug-likeness (QED) is 0.177. The Morgan fingerprint density at radius 2 is 2.00 bits per heavy atom. The number of rotatable bonds is 10. The predicted molar refractivity (Wildman–Crippen MR) is 125 cm³/mol. The van der Waals surface area contributed by atoms with E-state index in [0.29, 0.717) is 17.8 Å². The molecule has 1 amide bonds. The molecule has 0 aliphatic heterocycles. The summed E-state index contributed by atoms with van der Waals surface area (Å²) in [5.41, 5.74) is 1.59. The second-order valence-electron chi connectivity index (χ2n) is 7.29. The van der Waals surface area contributed by atoms with E-state index in [1.165, 1.54) is 6.07 Å². The number of benzene rings is 2. The van der Waals surface area contributed by atoms with E-state index in [-0.39, 0.29) is 17.8 Å². The maximum Gasteiger partial charge on any atom is 0.408 e. The maximum absolute atomic E-state index is 12.5. The number of unbranched alkanes of at least 4 members (excludes halogenated alkanes) is 1. The number of amides is 1. The Morgan fingerprint density at radius 1 is 1.22 bits per heavy atom. The van der Waals surface area contributed by atoms with Crippen LogP contribution in [0.4, 0.5) is 10.5 Å². The van der Waals surface area contributed by atoms with Crippen LogP contribution in [0.1, 0.15) is 43.6 Å². The second kappa shape index (κ2) is 11.2. The van der Waals surface area contributed by atoms with E-state index in [4.69, 9.17) is 17.0 Å². The van der Waals surface area contributed by atoms with Crippen LogP contribution in [-0.2, 0) is 11.3 Å². The summed E-state index contributed by atoms with van der Waals surface area (Å²) in [5, 5.41) is 17.3. The molecule has 0 saturated carbocycles. The summed E-state index contributed by atoms with van der Waals surface area (Å²) < 4.78 is 5.35. The fourth-order valence-corrected chi connectivity index (χ4v) is 3.37. The number of para-hydroxylation sites is 1. The molecule has 0 spiro atoms. The summed E-state index contributed by atoms with van der Waals surface area (Å²) in [6.07, 6.45) is 1.61. The lowest BCUT2D eigenvalue weighted by Gasteiger charge is -2.17. The van der Waals surface area contributed by atoms with Crippen molar-refractivity contribution in [1.29, 1.82) is 0 Å². The standard InChI is InChI=1S/C22H25N5O4S/c1-15(32)23-13-6-5-10-18(25-22(28)31-14-16-8-3-2-4-9-16)21-24-17-11-7-12-19(27(29)30)20(17)26-21/h2-4,7-9,11-12,18H,5-6,10,13-14H2,1H3,(H,23,32)(H,24,26)(H,25,28)/t18-/m0/s1. The lowest BCUT2D eigenvalue weighted by Crippen LogP contribution is -2.30. The highest BCUT2D eigenvalue weighted by Gasteiger charge is 2.22. The topological polar surface area (TPSA) is 122 Å². The third kappa shape index (κ3) is 6.48. The molecule has 1 atom stereocenters. The molecule has 32 heavy (non-hydrogen) atoms. The summed E-state index contributed by atoms with van der Waals surface area (Å²) in [4.78, 5) is 31.6. The molecule has 0 unspecified atom stereocenters. The zero-order chi connectivity index (χ0) is 22.9. The highest BCUT2D eigenvalue weighted by Crippen LogP contribution is 2.26. The number of nitrogens with zero attached hydrogens (tertiary/aromatic N) is 2. The number of thiocarbonyl (C=S) groups is 1. The Kier molecular flexibility index (Phi) is 8.09. The molecule has 1 heterocycles. The second-order valence-corrected chi connectivity index (χ2v) is 7.90. The number of nitro groups is 1. The molecule has 0 saturated heterocycles. The number of nitrogens with one attached hydrogen (secondary N) is 3. The van der Waals surface area contributed by atoms with Gasteiger partial charge in [-0.2, -0.15) is 0 Å². The highest BCUT2D eigenvalue weighted by molar-refractivity contribution is 7.80. The van der Waals surface area contributed by atoms with Gasteiger partial charge >= 0.3 is 6.09 Å². The van der Waals surface area contributed by atoms with E-state index in [1.54, 1.807) is 12.1 Å². The molecule has 3 rings (SSSR count). The summed E-state index contributed by atoms with van der Waals surface area (Å²) in [7, 11) is 0. The molecule has 2 aromatic carbocycles. The molecule has 0 radical (unpaired) electrons. The van der Waals surface area contributed by atoms with E-state index in [0.717, 1.165) is 29.9 Å². The van der Waals surface area contributed by atoms with E-state index >= 15 is 0 Å². The average Bonchev–Trinajstić information content (AvgIpc) is 3.21. The van der Waals surface area contributed by atoms with Gasteiger partial charge in [-0.3, -0.25) is 10.1 Å². The number of nitro benzene ring substituents is 1. The van der Waals surface area contributed by atoms with Crippen molar-refractivity contribution in [2.45, 2.75) is 38.8 Å². The summed E-state index contributed by atoms with van der Waals surface area (Å²) in [5.74, 6) is 0.449. The molecule has 3 N–H and O–H groups in total. The number of carbonyl (C=O) groups is 1. The minimum Gasteiger partial charge on any atom is -0.445 e. The predicted octanol–water partition coefficient (Wildman–Crippen LogP) is 4.55. The Balaban J connectivity index is 1.72. The molecule has 10 heteroatoms. The largest absolute Gasteiger partial charge is 0.445 e. The van der Waals surface area contributed by atoms with Crippen LogP contribution in [0.5, 0.6) is 0 Å². The Labute approximate surface area is 190 Å². The minimum absolute atomic E-state index is 0.0870. The van der Waals surface area contributed by atoms with E-state index < -0.39 is 17.1 Å². The van der Waals surface area contributed by atoms with Crippen molar-refractivity contribution in [3.8, 4) is 0 Å². The number of alkyl carbamates (subject to hydrolysis) is 1. The van der Waals surface area contributed by atoms with E-state index in [2.05, 4.69) is 20.6 Å². The van der Waals surface area contributed by atoms with Gasteiger partial charge < -0.3 is 20.4 Å². The first-order valence-electron chi connectivity index (χ1n) is 10.3. The lowest BCUT2D eigenvalue weighted by molar-refractivity contribution is -0.383. The van der Waals surface area contributed by atoms with Gasteiger partial charge in [-0.05, 0) is 37.8 Å². The number of non-ortho nitro benzene ring substituents is 1. The van der Waals surface area contributed by atoms with Gasteiger partial charge in [0.1, 0.15) is 12.4 Å². The molecular formula is C22H25N5O4S. The van der Waals surface area contributed by atoms with Gasteiger partial charge in [0, 0.05) is 12.6 Å². The van der Waals surface area contributed by atoms with Gasteiger partial charge in [-0.25, -0.2) is 9.78 Å². The third-order valence-electron chi connectivity index (χ3n) is 4.83.